The van der Waals surface area contributed by atoms with Crippen LogP contribution in [0.2, 0.25) is 0 Å². The third-order valence-corrected chi connectivity index (χ3v) is 6.36. The summed E-state index contributed by atoms with van der Waals surface area (Å²) in [7, 11) is 1.58. The smallest absolute Gasteiger partial charge is 0.279 e. The molecule has 8 nitrogen and oxygen atoms in total. The van der Waals surface area contributed by atoms with Crippen molar-refractivity contribution in [2.75, 3.05) is 20.2 Å². The number of aromatic nitrogens is 2. The Labute approximate surface area is 187 Å². The van der Waals surface area contributed by atoms with Gasteiger partial charge in [-0.3, -0.25) is 24.4 Å². The predicted octanol–water partition coefficient (Wildman–Crippen LogP) is 2.70. The lowest BCUT2D eigenvalue weighted by molar-refractivity contribution is -0.139. The van der Waals surface area contributed by atoms with E-state index >= 15 is 0 Å². The highest BCUT2D eigenvalue weighted by molar-refractivity contribution is 6.35. The van der Waals surface area contributed by atoms with E-state index in [0.29, 0.717) is 41.8 Å². The van der Waals surface area contributed by atoms with E-state index < -0.39 is 5.91 Å². The SMILES string of the molecule is COc1ccc(-n2[nH]c(C)c(C3=C(N4CCC(C)CC4)C(=O)N(C(C)C)C3=O)c2=O)cc1. The van der Waals surface area contributed by atoms with E-state index in [1.807, 2.05) is 18.7 Å². The number of hydrogen-bond acceptors (Lipinski definition) is 5. The highest BCUT2D eigenvalue weighted by atomic mass is 16.5. The maximum atomic E-state index is 13.5. The number of rotatable bonds is 5. The summed E-state index contributed by atoms with van der Waals surface area (Å²) >= 11 is 0. The number of carbonyl (C=O) groups is 2. The first kappa shape index (κ1) is 21.9. The monoisotopic (exact) mass is 438 g/mol. The molecule has 1 N–H and O–H groups in total. The molecule has 170 valence electrons. The molecule has 32 heavy (non-hydrogen) atoms. The molecule has 0 bridgehead atoms. The van der Waals surface area contributed by atoms with E-state index in [0.717, 1.165) is 12.8 Å². The van der Waals surface area contributed by atoms with Gasteiger partial charge in [-0.05, 0) is 63.8 Å². The number of aromatic amines is 1. The number of carbonyl (C=O) groups excluding carboxylic acids is 2. The van der Waals surface area contributed by atoms with Crippen LogP contribution in [0.3, 0.4) is 0 Å². The number of piperidine rings is 1. The van der Waals surface area contributed by atoms with E-state index in [-0.39, 0.29) is 28.6 Å². The predicted molar refractivity (Wildman–Crippen MR) is 122 cm³/mol. The Kier molecular flexibility index (Phi) is 5.71. The molecule has 0 aliphatic carbocycles. The molecule has 2 amide bonds. The molecule has 2 aliphatic heterocycles. The molecule has 3 heterocycles. The minimum absolute atomic E-state index is 0.212. The van der Waals surface area contributed by atoms with Gasteiger partial charge in [-0.25, -0.2) is 4.68 Å². The fourth-order valence-corrected chi connectivity index (χ4v) is 4.51. The maximum Gasteiger partial charge on any atom is 0.279 e. The average molecular weight is 439 g/mol. The standard InChI is InChI=1S/C24H30N4O4/c1-14(2)27-22(29)20(21(24(27)31)26-12-10-15(3)11-13-26)19-16(4)25-28(23(19)30)17-6-8-18(32-5)9-7-17/h6-9,14-15,25H,10-13H2,1-5H3. The number of methoxy groups -OCH3 is 1. The second-order valence-corrected chi connectivity index (χ2v) is 8.92. The largest absolute Gasteiger partial charge is 0.497 e. The van der Waals surface area contributed by atoms with Crippen LogP contribution in [0.5, 0.6) is 5.75 Å². The van der Waals surface area contributed by atoms with Crippen LogP contribution in [-0.2, 0) is 9.59 Å². The van der Waals surface area contributed by atoms with E-state index in [4.69, 9.17) is 4.74 Å². The number of aryl methyl sites for hydroxylation is 1. The number of H-pyrrole nitrogens is 1. The summed E-state index contributed by atoms with van der Waals surface area (Å²) in [5.41, 5.74) is 1.65. The second kappa shape index (κ2) is 8.33. The van der Waals surface area contributed by atoms with Gasteiger partial charge in [0, 0.05) is 24.8 Å². The van der Waals surface area contributed by atoms with Crippen molar-refractivity contribution in [3.63, 3.8) is 0 Å². The molecule has 4 rings (SSSR count). The number of imide groups is 1. The van der Waals surface area contributed by atoms with Gasteiger partial charge in [0.15, 0.2) is 0 Å². The van der Waals surface area contributed by atoms with Crippen molar-refractivity contribution in [2.24, 2.45) is 5.92 Å². The lowest BCUT2D eigenvalue weighted by Crippen LogP contribution is -2.41. The number of ether oxygens (including phenoxy) is 1. The van der Waals surface area contributed by atoms with Gasteiger partial charge in [-0.1, -0.05) is 6.92 Å². The molecule has 1 fully saturated rings. The quantitative estimate of drug-likeness (QED) is 0.726. The Balaban J connectivity index is 1.86. The summed E-state index contributed by atoms with van der Waals surface area (Å²) in [6.07, 6.45) is 1.89. The fourth-order valence-electron chi connectivity index (χ4n) is 4.51. The zero-order valence-electron chi connectivity index (χ0n) is 19.3. The molecule has 2 aliphatic rings. The van der Waals surface area contributed by atoms with Crippen LogP contribution in [0.4, 0.5) is 0 Å². The zero-order chi connectivity index (χ0) is 23.2. The van der Waals surface area contributed by atoms with Gasteiger partial charge in [0.05, 0.1) is 23.9 Å². The lowest BCUT2D eigenvalue weighted by atomic mass is 9.97. The van der Waals surface area contributed by atoms with E-state index in [2.05, 4.69) is 12.0 Å². The lowest BCUT2D eigenvalue weighted by Gasteiger charge is -2.33. The van der Waals surface area contributed by atoms with Crippen molar-refractivity contribution < 1.29 is 14.3 Å². The first-order valence-electron chi connectivity index (χ1n) is 11.1. The average Bonchev–Trinajstić information content (AvgIpc) is 3.20. The number of nitrogens with zero attached hydrogens (tertiary/aromatic N) is 3. The molecular weight excluding hydrogens is 408 g/mol. The number of nitrogens with one attached hydrogen (secondary N) is 1. The number of amides is 2. The van der Waals surface area contributed by atoms with Crippen LogP contribution in [0.1, 0.15) is 44.9 Å². The third-order valence-electron chi connectivity index (χ3n) is 6.36. The van der Waals surface area contributed by atoms with Crippen LogP contribution >= 0.6 is 0 Å². The molecule has 1 aromatic heterocycles. The van der Waals surface area contributed by atoms with Gasteiger partial charge in [-0.15, -0.1) is 0 Å². The Morgan fingerprint density at radius 3 is 2.22 bits per heavy atom. The normalized spacial score (nSPS) is 17.8. The second-order valence-electron chi connectivity index (χ2n) is 8.92. The summed E-state index contributed by atoms with van der Waals surface area (Å²) in [6, 6.07) is 6.77. The summed E-state index contributed by atoms with van der Waals surface area (Å²) < 4.78 is 6.60. The van der Waals surface area contributed by atoms with Gasteiger partial charge in [0.2, 0.25) is 0 Å². The fraction of sp³-hybridized carbons (Fsp3) is 0.458. The van der Waals surface area contributed by atoms with Crippen LogP contribution in [0.15, 0.2) is 34.8 Å². The zero-order valence-corrected chi connectivity index (χ0v) is 19.3. The van der Waals surface area contributed by atoms with Crippen LogP contribution in [0.25, 0.3) is 11.3 Å². The summed E-state index contributed by atoms with van der Waals surface area (Å²) in [5, 5.41) is 3.08. The van der Waals surface area contributed by atoms with Crippen molar-refractivity contribution in [3.8, 4) is 11.4 Å². The Morgan fingerprint density at radius 1 is 1.03 bits per heavy atom. The molecule has 0 spiro atoms. The maximum absolute atomic E-state index is 13.5. The molecule has 1 aromatic carbocycles. The number of benzene rings is 1. The molecule has 0 saturated carbocycles. The van der Waals surface area contributed by atoms with E-state index in [1.54, 1.807) is 38.3 Å². The molecule has 8 heteroatoms. The Bertz CT molecular complexity index is 1130. The minimum atomic E-state index is -0.403. The van der Waals surface area contributed by atoms with Crippen molar-refractivity contribution in [2.45, 2.75) is 46.6 Å². The molecule has 0 atom stereocenters. The van der Waals surface area contributed by atoms with Crippen molar-refractivity contribution in [1.29, 1.82) is 0 Å². The summed E-state index contributed by atoms with van der Waals surface area (Å²) in [4.78, 5) is 43.6. The van der Waals surface area contributed by atoms with Gasteiger partial charge in [-0.2, -0.15) is 0 Å². The first-order chi connectivity index (χ1) is 15.2. The van der Waals surface area contributed by atoms with E-state index in [1.165, 1.54) is 9.58 Å². The highest BCUT2D eigenvalue weighted by Crippen LogP contribution is 2.34. The summed E-state index contributed by atoms with van der Waals surface area (Å²) in [5.74, 6) is 0.536. The third kappa shape index (κ3) is 3.53. The van der Waals surface area contributed by atoms with Gasteiger partial charge in [0.25, 0.3) is 17.4 Å². The number of likely N-dealkylation sites (tertiary alicyclic amines) is 1. The first-order valence-corrected chi connectivity index (χ1v) is 11.1. The topological polar surface area (TPSA) is 87.6 Å². The van der Waals surface area contributed by atoms with Gasteiger partial charge < -0.3 is 9.64 Å². The van der Waals surface area contributed by atoms with Crippen LogP contribution in [-0.4, -0.2) is 57.6 Å². The highest BCUT2D eigenvalue weighted by Gasteiger charge is 2.45. The van der Waals surface area contributed by atoms with Crippen LogP contribution in [0, 0.1) is 12.8 Å². The van der Waals surface area contributed by atoms with E-state index in [9.17, 15) is 14.4 Å². The molecular formula is C24H30N4O4. The molecule has 0 radical (unpaired) electrons. The van der Waals surface area contributed by atoms with Crippen molar-refractivity contribution in [1.82, 2.24) is 19.6 Å². The van der Waals surface area contributed by atoms with Crippen LogP contribution < -0.4 is 10.3 Å². The van der Waals surface area contributed by atoms with Gasteiger partial charge in [0.1, 0.15) is 11.4 Å². The number of hydrogen-bond donors (Lipinski definition) is 1. The van der Waals surface area contributed by atoms with Gasteiger partial charge >= 0.3 is 0 Å². The molecule has 1 saturated heterocycles. The van der Waals surface area contributed by atoms with Crippen molar-refractivity contribution in [3.05, 3.63) is 51.6 Å². The summed E-state index contributed by atoms with van der Waals surface area (Å²) in [6.45, 7) is 8.97. The Hall–Kier alpha value is -3.29. The molecule has 0 unspecified atom stereocenters. The Morgan fingerprint density at radius 2 is 1.66 bits per heavy atom. The molecule has 2 aromatic rings. The minimum Gasteiger partial charge on any atom is -0.497 e. The van der Waals surface area contributed by atoms with Crippen molar-refractivity contribution >= 4 is 17.4 Å².